The fourth-order valence-electron chi connectivity index (χ4n) is 0.396. The van der Waals surface area contributed by atoms with Crippen molar-refractivity contribution < 1.29 is 0 Å². The van der Waals surface area contributed by atoms with Crippen LogP contribution < -0.4 is 0 Å². The Kier molecular flexibility index (Phi) is 8.49. The second kappa shape index (κ2) is 8.13. The van der Waals surface area contributed by atoms with Crippen molar-refractivity contribution >= 4 is 46.6 Å². The van der Waals surface area contributed by atoms with Crippen molar-refractivity contribution in [3.63, 3.8) is 0 Å². The van der Waals surface area contributed by atoms with Gasteiger partial charge in [0, 0.05) is 5.75 Å². The highest BCUT2D eigenvalue weighted by Gasteiger charge is 1.91. The molecule has 0 aromatic rings. The number of hydrogen-bond acceptors (Lipinski definition) is 1. The summed E-state index contributed by atoms with van der Waals surface area (Å²) in [5, 5.41) is 3.02. The van der Waals surface area contributed by atoms with Gasteiger partial charge in [-0.25, -0.2) is 0 Å². The van der Waals surface area contributed by atoms with Gasteiger partial charge in [0.25, 0.3) is 0 Å². The maximum absolute atomic E-state index is 5.56. The van der Waals surface area contributed by atoms with E-state index in [0.717, 1.165) is 12.2 Å². The number of allylic oxidation sites excluding steroid dienone is 1. The fourth-order valence-corrected chi connectivity index (χ4v) is 1.30. The van der Waals surface area contributed by atoms with Crippen LogP contribution in [-0.4, -0.2) is 5.75 Å². The van der Waals surface area contributed by atoms with Crippen LogP contribution in [-0.2, 0) is 0 Å². The van der Waals surface area contributed by atoms with Crippen LogP contribution in [0.4, 0.5) is 0 Å². The monoisotopic (exact) mass is 242 g/mol. The van der Waals surface area contributed by atoms with E-state index in [-0.39, 0.29) is 9.52 Å². The number of rotatable bonds is 3. The first-order valence-electron chi connectivity index (χ1n) is 3.52. The molecular weight excluding hydrogens is 235 g/mol. The van der Waals surface area contributed by atoms with Gasteiger partial charge in [-0.05, 0) is 17.6 Å². The molecule has 0 spiro atoms. The zero-order valence-corrected chi connectivity index (χ0v) is 9.75. The van der Waals surface area contributed by atoms with Crippen LogP contribution in [0.15, 0.2) is 9.52 Å². The SMILES string of the molecule is CCCCSC#CC(Cl)=C(Cl)Cl. The van der Waals surface area contributed by atoms with E-state index in [4.69, 9.17) is 34.8 Å². The molecule has 0 atom stereocenters. The molecule has 0 amide bonds. The molecular formula is C8H9Cl3S. The van der Waals surface area contributed by atoms with Crippen molar-refractivity contribution in [2.45, 2.75) is 19.8 Å². The topological polar surface area (TPSA) is 0 Å². The lowest BCUT2D eigenvalue weighted by Crippen LogP contribution is -1.73. The van der Waals surface area contributed by atoms with Gasteiger partial charge in [0.2, 0.25) is 0 Å². The minimum Gasteiger partial charge on any atom is -0.0747 e. The van der Waals surface area contributed by atoms with Gasteiger partial charge in [-0.15, -0.1) is 0 Å². The molecule has 68 valence electrons. The van der Waals surface area contributed by atoms with Crippen molar-refractivity contribution in [3.05, 3.63) is 9.52 Å². The summed E-state index contributed by atoms with van der Waals surface area (Å²) >= 11 is 17.8. The Morgan fingerprint density at radius 1 is 1.33 bits per heavy atom. The molecule has 0 aliphatic carbocycles. The standard InChI is InChI=1S/C8H9Cl3S/c1-2-3-5-12-6-4-7(9)8(10)11/h2-3,5H2,1H3. The zero-order valence-electron chi connectivity index (χ0n) is 6.66. The summed E-state index contributed by atoms with van der Waals surface area (Å²) in [6.07, 6.45) is 2.34. The number of thioether (sulfide) groups is 1. The molecule has 0 nitrogen and oxygen atoms in total. The van der Waals surface area contributed by atoms with Crippen LogP contribution >= 0.6 is 46.6 Å². The minimum atomic E-state index is 0.0280. The van der Waals surface area contributed by atoms with Crippen LogP contribution in [0.25, 0.3) is 0 Å². The highest BCUT2D eigenvalue weighted by Crippen LogP contribution is 2.16. The Balaban J connectivity index is 3.67. The van der Waals surface area contributed by atoms with Gasteiger partial charge in [0.15, 0.2) is 0 Å². The maximum atomic E-state index is 5.56. The number of unbranched alkanes of at least 4 members (excludes halogenated alkanes) is 1. The fraction of sp³-hybridized carbons (Fsp3) is 0.500. The van der Waals surface area contributed by atoms with Crippen LogP contribution in [0.5, 0.6) is 0 Å². The van der Waals surface area contributed by atoms with E-state index >= 15 is 0 Å². The molecule has 0 aliphatic heterocycles. The minimum absolute atomic E-state index is 0.0280. The summed E-state index contributed by atoms with van der Waals surface area (Å²) in [6, 6.07) is 0. The molecule has 0 radical (unpaired) electrons. The van der Waals surface area contributed by atoms with E-state index in [2.05, 4.69) is 18.1 Å². The van der Waals surface area contributed by atoms with Gasteiger partial charge >= 0.3 is 0 Å². The zero-order chi connectivity index (χ0) is 9.40. The van der Waals surface area contributed by atoms with Crippen LogP contribution in [0.1, 0.15) is 19.8 Å². The summed E-state index contributed by atoms with van der Waals surface area (Å²) in [4.78, 5) is 0. The Morgan fingerprint density at radius 3 is 2.50 bits per heavy atom. The smallest absolute Gasteiger partial charge is 0.0747 e. The van der Waals surface area contributed by atoms with Crippen molar-refractivity contribution in [1.29, 1.82) is 0 Å². The number of hydrogen-bond donors (Lipinski definition) is 0. The quantitative estimate of drug-likeness (QED) is 0.524. The first-order chi connectivity index (χ1) is 5.68. The summed E-state index contributed by atoms with van der Waals surface area (Å²) in [6.45, 7) is 2.14. The molecule has 0 rings (SSSR count). The molecule has 4 heteroatoms. The average molecular weight is 244 g/mol. The lowest BCUT2D eigenvalue weighted by molar-refractivity contribution is 0.898. The predicted octanol–water partition coefficient (Wildman–Crippen LogP) is 4.37. The van der Waals surface area contributed by atoms with Gasteiger partial charge in [0.1, 0.15) is 9.52 Å². The third-order valence-electron chi connectivity index (χ3n) is 0.999. The van der Waals surface area contributed by atoms with Crippen molar-refractivity contribution in [2.24, 2.45) is 0 Å². The van der Waals surface area contributed by atoms with Gasteiger partial charge in [-0.1, -0.05) is 59.9 Å². The molecule has 0 saturated heterocycles. The van der Waals surface area contributed by atoms with E-state index in [1.807, 2.05) is 0 Å². The van der Waals surface area contributed by atoms with Crippen molar-refractivity contribution in [2.75, 3.05) is 5.75 Å². The van der Waals surface area contributed by atoms with E-state index in [1.165, 1.54) is 18.2 Å². The highest BCUT2D eigenvalue weighted by molar-refractivity contribution is 8.03. The molecule has 0 aliphatic rings. The highest BCUT2D eigenvalue weighted by atomic mass is 35.5. The van der Waals surface area contributed by atoms with Gasteiger partial charge < -0.3 is 0 Å². The third kappa shape index (κ3) is 7.18. The van der Waals surface area contributed by atoms with E-state index in [0.29, 0.717) is 0 Å². The predicted molar refractivity (Wildman–Crippen MR) is 59.7 cm³/mol. The number of halogens is 3. The molecule has 0 unspecified atom stereocenters. The largest absolute Gasteiger partial charge is 0.133 e. The molecule has 0 aromatic heterocycles. The van der Waals surface area contributed by atoms with Crippen molar-refractivity contribution in [1.82, 2.24) is 0 Å². The third-order valence-corrected chi connectivity index (χ3v) is 2.59. The van der Waals surface area contributed by atoms with Crippen LogP contribution in [0, 0.1) is 11.2 Å². The second-order valence-corrected chi connectivity index (χ2v) is 4.23. The van der Waals surface area contributed by atoms with Crippen LogP contribution in [0.2, 0.25) is 0 Å². The second-order valence-electron chi connectivity index (χ2n) is 2.00. The molecule has 0 saturated carbocycles. The summed E-state index contributed by atoms with van der Waals surface area (Å²) in [7, 11) is 0. The molecule has 0 fully saturated rings. The normalized spacial score (nSPS) is 8.67. The van der Waals surface area contributed by atoms with Crippen molar-refractivity contribution in [3.8, 4) is 11.2 Å². The Labute approximate surface area is 92.6 Å². The summed E-state index contributed by atoms with van der Waals surface area (Å²) in [5.74, 6) is 3.66. The average Bonchev–Trinajstić information content (AvgIpc) is 2.03. The Morgan fingerprint density at radius 2 is 2.00 bits per heavy atom. The summed E-state index contributed by atoms with van der Waals surface area (Å²) < 4.78 is 0.0280. The molecule has 0 aromatic carbocycles. The van der Waals surface area contributed by atoms with E-state index in [1.54, 1.807) is 0 Å². The van der Waals surface area contributed by atoms with E-state index in [9.17, 15) is 0 Å². The molecule has 0 N–H and O–H groups in total. The Hall–Kier alpha value is 0.520. The molecule has 12 heavy (non-hydrogen) atoms. The molecule has 0 heterocycles. The van der Waals surface area contributed by atoms with Gasteiger partial charge in [-0.2, -0.15) is 0 Å². The lowest BCUT2D eigenvalue weighted by atomic mass is 10.4. The first-order valence-corrected chi connectivity index (χ1v) is 5.64. The van der Waals surface area contributed by atoms with Crippen LogP contribution in [0.3, 0.4) is 0 Å². The maximum Gasteiger partial charge on any atom is 0.133 e. The summed E-state index contributed by atoms with van der Waals surface area (Å²) in [5.41, 5.74) is 0. The van der Waals surface area contributed by atoms with E-state index < -0.39 is 0 Å². The molecule has 0 bridgehead atoms. The van der Waals surface area contributed by atoms with Gasteiger partial charge in [0.05, 0.1) is 0 Å². The first kappa shape index (κ1) is 12.5. The van der Waals surface area contributed by atoms with Gasteiger partial charge in [-0.3, -0.25) is 0 Å². The Bertz CT molecular complexity index is 208. The lowest BCUT2D eigenvalue weighted by Gasteiger charge is -1.88.